The highest BCUT2D eigenvalue weighted by Crippen LogP contribution is 2.48. The van der Waals surface area contributed by atoms with E-state index in [1.54, 1.807) is 21.6 Å². The number of amides is 2. The number of nitrogens with one attached hydrogen (secondary N) is 1. The van der Waals surface area contributed by atoms with Gasteiger partial charge in [-0.3, -0.25) is 14.4 Å². The van der Waals surface area contributed by atoms with Crippen molar-refractivity contribution in [2.75, 3.05) is 6.61 Å². The molecule has 0 radical (unpaired) electrons. The highest BCUT2D eigenvalue weighted by atomic mass is 16.3. The van der Waals surface area contributed by atoms with Crippen molar-refractivity contribution in [2.24, 2.45) is 11.8 Å². The Morgan fingerprint density at radius 3 is 2.45 bits per heavy atom. The molecule has 0 unspecified atom stereocenters. The van der Waals surface area contributed by atoms with Crippen LogP contribution in [0.3, 0.4) is 0 Å². The first-order chi connectivity index (χ1) is 15.9. The van der Waals surface area contributed by atoms with Crippen LogP contribution in [0, 0.1) is 11.8 Å². The van der Waals surface area contributed by atoms with Gasteiger partial charge in [0.15, 0.2) is 0 Å². The van der Waals surface area contributed by atoms with Crippen LogP contribution >= 0.6 is 0 Å². The third-order valence-corrected chi connectivity index (χ3v) is 7.48. The number of carbonyl (C=O) groups is 2. The summed E-state index contributed by atoms with van der Waals surface area (Å²) in [6.07, 6.45) is 5.12. The van der Waals surface area contributed by atoms with E-state index in [0.717, 1.165) is 12.8 Å². The van der Waals surface area contributed by atoms with Crippen LogP contribution in [0.1, 0.15) is 42.3 Å². The second-order valence-corrected chi connectivity index (χ2v) is 9.32. The second-order valence-electron chi connectivity index (χ2n) is 9.32. The molecule has 1 aromatic heterocycles. The molecular weight excluding hydrogens is 418 g/mol. The van der Waals surface area contributed by atoms with Crippen LogP contribution in [0.15, 0.2) is 47.3 Å². The molecule has 3 heterocycles. The zero-order chi connectivity index (χ0) is 23.3. The number of nitrogens with zero attached hydrogens (tertiary/aromatic N) is 2. The van der Waals surface area contributed by atoms with Crippen LogP contribution in [0.25, 0.3) is 6.08 Å². The Kier molecular flexibility index (Phi) is 5.44. The summed E-state index contributed by atoms with van der Waals surface area (Å²) in [5, 5.41) is 13.5. The molecule has 172 valence electrons. The van der Waals surface area contributed by atoms with Gasteiger partial charge in [-0.1, -0.05) is 36.4 Å². The van der Waals surface area contributed by atoms with Gasteiger partial charge in [-0.05, 0) is 43.0 Å². The van der Waals surface area contributed by atoms with Gasteiger partial charge in [0.05, 0.1) is 18.0 Å². The number of hydrogen-bond donors (Lipinski definition) is 2. The van der Waals surface area contributed by atoms with Gasteiger partial charge in [-0.25, -0.2) is 0 Å². The summed E-state index contributed by atoms with van der Waals surface area (Å²) in [5.74, 6) is -1.37. The van der Waals surface area contributed by atoms with Crippen LogP contribution in [-0.2, 0) is 29.0 Å². The zero-order valence-electron chi connectivity index (χ0n) is 18.9. The molecule has 2 aromatic rings. The first kappa shape index (κ1) is 21.6. The first-order valence-electron chi connectivity index (χ1n) is 11.6. The van der Waals surface area contributed by atoms with Crippen molar-refractivity contribution in [1.82, 2.24) is 14.8 Å². The lowest BCUT2D eigenvalue weighted by molar-refractivity contribution is -0.134. The average molecular weight is 448 g/mol. The lowest BCUT2D eigenvalue weighted by Crippen LogP contribution is -2.48. The van der Waals surface area contributed by atoms with E-state index in [1.807, 2.05) is 31.2 Å². The Morgan fingerprint density at radius 1 is 1.15 bits per heavy atom. The summed E-state index contributed by atoms with van der Waals surface area (Å²) in [4.78, 5) is 41.1. The Balaban J connectivity index is 1.51. The van der Waals surface area contributed by atoms with Gasteiger partial charge in [0, 0.05) is 43.3 Å². The SMILES string of the molecule is C/C=C/c1ccc2n(c1=O)C[C@@H]1[C@@H](CO)[C@H](C(=O)NC3Cc4ccccc4C3)[C@H]2N1C(C)=O. The van der Waals surface area contributed by atoms with E-state index in [2.05, 4.69) is 17.4 Å². The van der Waals surface area contributed by atoms with Crippen LogP contribution in [0.5, 0.6) is 0 Å². The first-order valence-corrected chi connectivity index (χ1v) is 11.6. The highest BCUT2D eigenvalue weighted by Gasteiger charge is 2.57. The standard InChI is InChI=1S/C26H29N3O4/c1-3-6-16-9-10-21-24-23(25(32)27-19-11-17-7-4-5-8-18(17)12-19)20(14-30)22(29(24)15(2)31)13-28(21)26(16)33/h3-10,19-20,22-24,30H,11-14H2,1-2H3,(H,27,32)/b6-3+/t20-,22-,23+,24+/m1/s1. The predicted octanol–water partition coefficient (Wildman–Crippen LogP) is 1.68. The normalized spacial score (nSPS) is 25.8. The average Bonchev–Trinajstić information content (AvgIpc) is 3.31. The topological polar surface area (TPSA) is 91.6 Å². The van der Waals surface area contributed by atoms with Gasteiger partial charge >= 0.3 is 0 Å². The van der Waals surface area contributed by atoms with E-state index >= 15 is 0 Å². The maximum Gasteiger partial charge on any atom is 0.258 e. The van der Waals surface area contributed by atoms with Crippen molar-refractivity contribution in [1.29, 1.82) is 0 Å². The molecule has 2 bridgehead atoms. The number of hydrogen-bond acceptors (Lipinski definition) is 4. The molecule has 0 saturated carbocycles. The fourth-order valence-corrected chi connectivity index (χ4v) is 6.12. The van der Waals surface area contributed by atoms with E-state index < -0.39 is 23.9 Å². The monoisotopic (exact) mass is 447 g/mol. The van der Waals surface area contributed by atoms with Gasteiger partial charge in [-0.2, -0.15) is 0 Å². The van der Waals surface area contributed by atoms with Crippen molar-refractivity contribution >= 4 is 17.9 Å². The fraction of sp³-hybridized carbons (Fsp3) is 0.423. The van der Waals surface area contributed by atoms with Gasteiger partial charge in [0.2, 0.25) is 11.8 Å². The number of pyridine rings is 1. The molecule has 7 heteroatoms. The molecule has 1 saturated heterocycles. The van der Waals surface area contributed by atoms with E-state index in [9.17, 15) is 19.5 Å². The molecule has 1 aliphatic carbocycles. The molecule has 1 aromatic carbocycles. The Bertz CT molecular complexity index is 1180. The predicted molar refractivity (Wildman–Crippen MR) is 124 cm³/mol. The number of aliphatic hydroxyl groups excluding tert-OH is 1. The maximum absolute atomic E-state index is 13.6. The van der Waals surface area contributed by atoms with Crippen LogP contribution in [0.2, 0.25) is 0 Å². The van der Waals surface area contributed by atoms with Gasteiger partial charge < -0.3 is 19.9 Å². The number of aliphatic hydroxyl groups is 1. The Labute approximate surface area is 192 Å². The summed E-state index contributed by atoms with van der Waals surface area (Å²) >= 11 is 0. The molecule has 5 rings (SSSR count). The fourth-order valence-electron chi connectivity index (χ4n) is 6.12. The lowest BCUT2D eigenvalue weighted by atomic mass is 9.86. The smallest absolute Gasteiger partial charge is 0.258 e. The number of allylic oxidation sites excluding steroid dienone is 1. The lowest BCUT2D eigenvalue weighted by Gasteiger charge is -2.37. The molecular formula is C26H29N3O4. The molecule has 33 heavy (non-hydrogen) atoms. The van der Waals surface area contributed by atoms with Crippen LogP contribution < -0.4 is 10.9 Å². The summed E-state index contributed by atoms with van der Waals surface area (Å²) in [6.45, 7) is 3.40. The largest absolute Gasteiger partial charge is 0.396 e. The Hall–Kier alpha value is -3.19. The summed E-state index contributed by atoms with van der Waals surface area (Å²) in [7, 11) is 0. The molecule has 2 amide bonds. The summed E-state index contributed by atoms with van der Waals surface area (Å²) < 4.78 is 1.69. The van der Waals surface area contributed by atoms with Crippen molar-refractivity contribution in [3.05, 3.63) is 75.2 Å². The van der Waals surface area contributed by atoms with Crippen LogP contribution in [0.4, 0.5) is 0 Å². The number of benzene rings is 1. The minimum absolute atomic E-state index is 0.0141. The molecule has 4 atom stereocenters. The minimum Gasteiger partial charge on any atom is -0.396 e. The zero-order valence-corrected chi connectivity index (χ0v) is 18.9. The van der Waals surface area contributed by atoms with E-state index in [4.69, 9.17) is 0 Å². The van der Waals surface area contributed by atoms with Gasteiger partial charge in [0.25, 0.3) is 5.56 Å². The van der Waals surface area contributed by atoms with Gasteiger partial charge in [0.1, 0.15) is 0 Å². The molecule has 7 nitrogen and oxygen atoms in total. The second kappa shape index (κ2) is 8.30. The number of rotatable bonds is 4. The third-order valence-electron chi connectivity index (χ3n) is 7.48. The highest BCUT2D eigenvalue weighted by molar-refractivity contribution is 5.84. The Morgan fingerprint density at radius 2 is 1.85 bits per heavy atom. The number of aromatic nitrogens is 1. The molecule has 1 fully saturated rings. The van der Waals surface area contributed by atoms with Crippen molar-refractivity contribution in [3.8, 4) is 0 Å². The van der Waals surface area contributed by atoms with E-state index in [0.29, 0.717) is 11.3 Å². The quantitative estimate of drug-likeness (QED) is 0.746. The molecule has 2 N–H and O–H groups in total. The van der Waals surface area contributed by atoms with Gasteiger partial charge in [-0.15, -0.1) is 0 Å². The third kappa shape index (κ3) is 3.42. The minimum atomic E-state index is -0.617. The maximum atomic E-state index is 13.6. The van der Waals surface area contributed by atoms with E-state index in [-0.39, 0.29) is 36.6 Å². The number of carbonyl (C=O) groups excluding carboxylic acids is 2. The van der Waals surface area contributed by atoms with E-state index in [1.165, 1.54) is 18.1 Å². The summed E-state index contributed by atoms with van der Waals surface area (Å²) in [5.41, 5.74) is 3.58. The van der Waals surface area contributed by atoms with Crippen molar-refractivity contribution in [2.45, 2.75) is 51.4 Å². The molecule has 2 aliphatic heterocycles. The number of fused-ring (bicyclic) bond motifs is 5. The van der Waals surface area contributed by atoms with Crippen molar-refractivity contribution < 1.29 is 14.7 Å². The van der Waals surface area contributed by atoms with Crippen LogP contribution in [-0.4, -0.2) is 45.1 Å². The van der Waals surface area contributed by atoms with Crippen molar-refractivity contribution in [3.63, 3.8) is 0 Å². The summed E-state index contributed by atoms with van der Waals surface area (Å²) in [6, 6.07) is 10.8. The molecule has 3 aliphatic rings. The molecule has 0 spiro atoms.